The lowest BCUT2D eigenvalue weighted by Gasteiger charge is -2.39. The summed E-state index contributed by atoms with van der Waals surface area (Å²) in [5.74, 6) is -8.27. The molecule has 0 radical (unpaired) electrons. The first-order valence-corrected chi connectivity index (χ1v) is 14.2. The largest absolute Gasteiger partial charge is 0.473 e. The summed E-state index contributed by atoms with van der Waals surface area (Å²) in [6, 6.07) is -2.81. The lowest BCUT2D eigenvalue weighted by atomic mass is 9.95. The van der Waals surface area contributed by atoms with Crippen LogP contribution < -0.4 is 20.7 Å². The highest BCUT2D eigenvalue weighted by atomic mass is 19.4. The Morgan fingerprint density at radius 1 is 1.11 bits per heavy atom. The summed E-state index contributed by atoms with van der Waals surface area (Å²) < 4.78 is 73.6. The summed E-state index contributed by atoms with van der Waals surface area (Å²) in [5, 5.41) is 1.76. The van der Waals surface area contributed by atoms with Crippen molar-refractivity contribution >= 4 is 35.2 Å². The lowest BCUT2D eigenvalue weighted by Crippen LogP contribution is -2.59. The van der Waals surface area contributed by atoms with Crippen LogP contribution in [-0.2, 0) is 24.0 Å². The number of anilines is 1. The molecule has 3 N–H and O–H groups in total. The first-order chi connectivity index (χ1) is 20.5. The molecule has 3 fully saturated rings. The predicted molar refractivity (Wildman–Crippen MR) is 142 cm³/mol. The van der Waals surface area contributed by atoms with Gasteiger partial charge in [-0.25, -0.2) is 8.78 Å². The summed E-state index contributed by atoms with van der Waals surface area (Å²) in [5.41, 5.74) is 3.35. The number of amides is 5. The number of benzene rings is 1. The van der Waals surface area contributed by atoms with Gasteiger partial charge in [0, 0.05) is 32.6 Å². The van der Waals surface area contributed by atoms with E-state index in [0.29, 0.717) is 18.9 Å². The molecule has 11 nitrogen and oxygen atoms in total. The highest BCUT2D eigenvalue weighted by Crippen LogP contribution is 2.45. The first-order valence-electron chi connectivity index (χ1n) is 14.2. The van der Waals surface area contributed by atoms with Gasteiger partial charge < -0.3 is 30.5 Å². The zero-order valence-corrected chi connectivity index (χ0v) is 24.0. The Hall–Kier alpha value is -3.98. The number of likely N-dealkylation sites (tertiary alicyclic amines) is 1. The van der Waals surface area contributed by atoms with Crippen molar-refractivity contribution in [3.8, 4) is 5.75 Å². The van der Waals surface area contributed by atoms with E-state index in [4.69, 9.17) is 10.5 Å². The number of hydrogen-bond donors (Lipinski definition) is 2. The maximum Gasteiger partial charge on any atom is 0.471 e. The first kappa shape index (κ1) is 31.4. The number of nitrogens with two attached hydrogens (primary N) is 1. The lowest BCUT2D eigenvalue weighted by molar-refractivity contribution is -0.175. The molecule has 5 amide bonds. The highest BCUT2D eigenvalue weighted by molar-refractivity contribution is 6.05. The maximum absolute atomic E-state index is 14.6. The summed E-state index contributed by atoms with van der Waals surface area (Å²) in [6.07, 6.45) is -2.82. The number of rotatable bonds is 9. The molecule has 240 valence electrons. The second kappa shape index (κ2) is 11.2. The number of likely N-dealkylation sites (N-methyl/N-ethyl adjacent to an activating group) is 2. The van der Waals surface area contributed by atoms with Crippen LogP contribution in [0.1, 0.15) is 44.9 Å². The van der Waals surface area contributed by atoms with E-state index < -0.39 is 84.0 Å². The molecule has 1 aromatic carbocycles. The van der Waals surface area contributed by atoms with E-state index in [2.05, 4.69) is 0 Å². The average Bonchev–Trinajstić information content (AvgIpc) is 3.87. The number of carbonyl (C=O) groups excluding carboxylic acids is 5. The molecule has 4 atom stereocenters. The summed E-state index contributed by atoms with van der Waals surface area (Å²) in [7, 11) is 2.46. The van der Waals surface area contributed by atoms with Crippen molar-refractivity contribution in [1.29, 1.82) is 0 Å². The molecular formula is C28H32F5N5O6. The predicted octanol–water partition coefficient (Wildman–Crippen LogP) is 1.62. The van der Waals surface area contributed by atoms with E-state index in [0.717, 1.165) is 33.6 Å². The van der Waals surface area contributed by atoms with Crippen molar-refractivity contribution in [3.05, 3.63) is 23.8 Å². The van der Waals surface area contributed by atoms with Crippen LogP contribution in [0.15, 0.2) is 12.1 Å². The van der Waals surface area contributed by atoms with Crippen molar-refractivity contribution in [3.63, 3.8) is 0 Å². The van der Waals surface area contributed by atoms with Gasteiger partial charge in [0.2, 0.25) is 23.3 Å². The average molecular weight is 630 g/mol. The molecule has 44 heavy (non-hydrogen) atoms. The third kappa shape index (κ3) is 6.02. The minimum atomic E-state index is -5.23. The fraction of sp³-hybridized carbons (Fsp3) is 0.607. The van der Waals surface area contributed by atoms with Crippen molar-refractivity contribution < 1.29 is 50.7 Å². The molecule has 2 aliphatic carbocycles. The molecule has 16 heteroatoms. The third-order valence-corrected chi connectivity index (χ3v) is 8.75. The molecule has 2 saturated carbocycles. The van der Waals surface area contributed by atoms with E-state index in [1.54, 1.807) is 5.32 Å². The van der Waals surface area contributed by atoms with E-state index >= 15 is 0 Å². The summed E-state index contributed by atoms with van der Waals surface area (Å²) >= 11 is 0. The molecule has 0 aromatic heterocycles. The quantitative estimate of drug-likeness (QED) is 0.398. The molecule has 2 aliphatic heterocycles. The molecule has 4 aliphatic rings. The van der Waals surface area contributed by atoms with Gasteiger partial charge in [-0.15, -0.1) is 0 Å². The fourth-order valence-corrected chi connectivity index (χ4v) is 6.03. The van der Waals surface area contributed by atoms with E-state index in [1.807, 2.05) is 0 Å². The molecule has 1 aromatic rings. The van der Waals surface area contributed by atoms with Crippen LogP contribution in [0.25, 0.3) is 0 Å². The number of hydrogen-bond acceptors (Lipinski definition) is 6. The monoisotopic (exact) mass is 629 g/mol. The van der Waals surface area contributed by atoms with Gasteiger partial charge in [-0.1, -0.05) is 25.7 Å². The molecule has 2 heterocycles. The van der Waals surface area contributed by atoms with Crippen LogP contribution in [0, 0.1) is 23.5 Å². The zero-order chi connectivity index (χ0) is 32.3. The standard InChI is InChI=1S/C28H32F5N5O6/c1-36(23(40)17(7-13-3-4-13)35-25(42)28(31,32)33)18(8-14-5-6-14)24(41)38-12-27(11-19(38)22(34)39)26(43)37(2)21-16(30)9-15(29)10-20(21)44-27/h9-10,13-14,17-19H,3-8,11-12H2,1-2H3,(H2,34,39)(H,35,42)/t17-,18-,19-,27+/m0/s1. The van der Waals surface area contributed by atoms with E-state index in [-0.39, 0.29) is 36.1 Å². The normalized spacial score (nSPS) is 24.4. The second-order valence-electron chi connectivity index (χ2n) is 12.1. The number of ether oxygens (including phenoxy) is 1. The topological polar surface area (TPSA) is 142 Å². The minimum Gasteiger partial charge on any atom is -0.473 e. The van der Waals surface area contributed by atoms with Crippen LogP contribution >= 0.6 is 0 Å². The molecule has 1 saturated heterocycles. The number of primary amides is 1. The van der Waals surface area contributed by atoms with Crippen LogP contribution in [-0.4, -0.2) is 89.9 Å². The maximum atomic E-state index is 14.6. The van der Waals surface area contributed by atoms with E-state index in [1.165, 1.54) is 14.1 Å². The fourth-order valence-electron chi connectivity index (χ4n) is 6.03. The Kier molecular flexibility index (Phi) is 7.99. The molecule has 0 bridgehead atoms. The minimum absolute atomic E-state index is 0.00552. The van der Waals surface area contributed by atoms with Gasteiger partial charge in [0.15, 0.2) is 11.6 Å². The summed E-state index contributed by atoms with van der Waals surface area (Å²) in [4.78, 5) is 68.4. The Balaban J connectivity index is 1.43. The molecular weight excluding hydrogens is 597 g/mol. The Morgan fingerprint density at radius 3 is 2.30 bits per heavy atom. The second-order valence-corrected chi connectivity index (χ2v) is 12.1. The van der Waals surface area contributed by atoms with Crippen molar-refractivity contribution in [2.75, 3.05) is 25.5 Å². The van der Waals surface area contributed by atoms with Crippen molar-refractivity contribution in [2.45, 2.75) is 74.8 Å². The third-order valence-electron chi connectivity index (χ3n) is 8.75. The van der Waals surface area contributed by atoms with E-state index in [9.17, 15) is 45.9 Å². The van der Waals surface area contributed by atoms with Crippen LogP contribution in [0.5, 0.6) is 5.75 Å². The van der Waals surface area contributed by atoms with Crippen LogP contribution in [0.3, 0.4) is 0 Å². The van der Waals surface area contributed by atoms with Gasteiger partial charge in [0.1, 0.15) is 29.6 Å². The number of nitrogens with one attached hydrogen (secondary N) is 1. The number of carbonyl (C=O) groups is 5. The van der Waals surface area contributed by atoms with Crippen molar-refractivity contribution in [2.24, 2.45) is 17.6 Å². The molecule has 5 rings (SSSR count). The number of halogens is 5. The number of fused-ring (bicyclic) bond motifs is 1. The highest BCUT2D eigenvalue weighted by Gasteiger charge is 2.59. The van der Waals surface area contributed by atoms with Crippen molar-refractivity contribution in [1.82, 2.24) is 15.1 Å². The number of nitrogens with zero attached hydrogens (tertiary/aromatic N) is 3. The molecule has 1 spiro atoms. The van der Waals surface area contributed by atoms with Gasteiger partial charge in [-0.2, -0.15) is 13.2 Å². The Morgan fingerprint density at radius 2 is 1.73 bits per heavy atom. The van der Waals surface area contributed by atoms with Gasteiger partial charge in [0.25, 0.3) is 5.91 Å². The van der Waals surface area contributed by atoms with Gasteiger partial charge in [0.05, 0.1) is 6.54 Å². The van der Waals surface area contributed by atoms with Gasteiger partial charge >= 0.3 is 12.1 Å². The zero-order valence-electron chi connectivity index (χ0n) is 24.0. The SMILES string of the molecule is CN1C(=O)[C@]2(C[C@@H](C(N)=O)N(C(=O)[C@H](CC3CC3)N(C)C(=O)[C@H](CC3CC3)NC(=O)C(F)(F)F)C2)Oc2cc(F)cc(F)c21. The number of alkyl halides is 3. The summed E-state index contributed by atoms with van der Waals surface area (Å²) in [6.45, 7) is -0.556. The Bertz CT molecular complexity index is 1400. The van der Waals surface area contributed by atoms with Gasteiger partial charge in [-0.3, -0.25) is 24.0 Å². The van der Waals surface area contributed by atoms with Crippen LogP contribution in [0.4, 0.5) is 27.6 Å². The molecule has 0 unspecified atom stereocenters. The van der Waals surface area contributed by atoms with Crippen LogP contribution in [0.2, 0.25) is 0 Å². The Labute approximate surface area is 248 Å². The smallest absolute Gasteiger partial charge is 0.471 e. The van der Waals surface area contributed by atoms with Gasteiger partial charge in [-0.05, 0) is 24.7 Å².